The van der Waals surface area contributed by atoms with Crippen molar-refractivity contribution in [3.8, 4) is 16.8 Å². The first kappa shape index (κ1) is 11.0. The van der Waals surface area contributed by atoms with E-state index in [0.29, 0.717) is 5.56 Å². The molecular formula is C14H11N3S. The predicted molar refractivity (Wildman–Crippen MR) is 73.5 cm³/mol. The zero-order valence-electron chi connectivity index (χ0n) is 10.1. The fourth-order valence-corrected chi connectivity index (χ4v) is 2.94. The summed E-state index contributed by atoms with van der Waals surface area (Å²) in [6.45, 7) is 2.09. The summed E-state index contributed by atoms with van der Waals surface area (Å²) < 4.78 is 2.07. The zero-order chi connectivity index (χ0) is 12.7. The van der Waals surface area contributed by atoms with Gasteiger partial charge in [-0.25, -0.2) is 4.98 Å². The number of aryl methyl sites for hydroxylation is 2. The summed E-state index contributed by atoms with van der Waals surface area (Å²) in [6.07, 6.45) is 0. The van der Waals surface area contributed by atoms with E-state index in [4.69, 9.17) is 5.26 Å². The van der Waals surface area contributed by atoms with E-state index in [2.05, 4.69) is 34.7 Å². The number of aromatic nitrogens is 2. The van der Waals surface area contributed by atoms with Gasteiger partial charge in [-0.1, -0.05) is 0 Å². The molecule has 0 atom stereocenters. The van der Waals surface area contributed by atoms with E-state index < -0.39 is 0 Å². The average molecular weight is 253 g/mol. The van der Waals surface area contributed by atoms with Crippen molar-refractivity contribution < 1.29 is 0 Å². The number of imidazole rings is 1. The fraction of sp³-hybridized carbons (Fsp3) is 0.143. The van der Waals surface area contributed by atoms with Crippen molar-refractivity contribution in [2.45, 2.75) is 6.92 Å². The van der Waals surface area contributed by atoms with Crippen molar-refractivity contribution in [1.82, 2.24) is 9.55 Å². The Morgan fingerprint density at radius 3 is 2.78 bits per heavy atom. The first-order valence-corrected chi connectivity index (χ1v) is 6.44. The number of hydrogen-bond donors (Lipinski definition) is 0. The van der Waals surface area contributed by atoms with Crippen molar-refractivity contribution in [2.24, 2.45) is 7.05 Å². The van der Waals surface area contributed by atoms with Crippen LogP contribution >= 0.6 is 11.3 Å². The Morgan fingerprint density at radius 2 is 2.11 bits per heavy atom. The lowest BCUT2D eigenvalue weighted by atomic mass is 10.2. The van der Waals surface area contributed by atoms with Gasteiger partial charge in [0, 0.05) is 11.9 Å². The Balaban J connectivity index is 2.26. The second-order valence-corrected chi connectivity index (χ2v) is 5.51. The van der Waals surface area contributed by atoms with Gasteiger partial charge in [-0.3, -0.25) is 0 Å². The van der Waals surface area contributed by atoms with Gasteiger partial charge in [-0.2, -0.15) is 5.26 Å². The van der Waals surface area contributed by atoms with Crippen molar-refractivity contribution >= 4 is 22.4 Å². The maximum absolute atomic E-state index is 8.91. The van der Waals surface area contributed by atoms with Crippen LogP contribution in [0.2, 0.25) is 0 Å². The molecule has 3 aromatic rings. The average Bonchev–Trinajstić information content (AvgIpc) is 2.93. The normalized spacial score (nSPS) is 10.7. The van der Waals surface area contributed by atoms with Crippen LogP contribution in [0.15, 0.2) is 30.3 Å². The molecular weight excluding hydrogens is 242 g/mol. The predicted octanol–water partition coefficient (Wildman–Crippen LogP) is 3.48. The van der Waals surface area contributed by atoms with Crippen LogP contribution in [-0.4, -0.2) is 9.55 Å². The van der Waals surface area contributed by atoms with Gasteiger partial charge >= 0.3 is 0 Å². The SMILES string of the molecule is Cc1ccc(-c2nc3cc(C#N)ccc3n2C)s1. The highest BCUT2D eigenvalue weighted by Crippen LogP contribution is 2.29. The Hall–Kier alpha value is -2.12. The number of nitriles is 1. The summed E-state index contributed by atoms with van der Waals surface area (Å²) in [5.74, 6) is 0.957. The van der Waals surface area contributed by atoms with Crippen molar-refractivity contribution in [2.75, 3.05) is 0 Å². The highest BCUT2D eigenvalue weighted by molar-refractivity contribution is 7.15. The van der Waals surface area contributed by atoms with Crippen molar-refractivity contribution in [1.29, 1.82) is 5.26 Å². The van der Waals surface area contributed by atoms with E-state index in [1.807, 2.05) is 25.2 Å². The van der Waals surface area contributed by atoms with E-state index >= 15 is 0 Å². The molecule has 0 aliphatic carbocycles. The van der Waals surface area contributed by atoms with E-state index in [-0.39, 0.29) is 0 Å². The molecule has 0 aliphatic rings. The molecule has 1 aromatic carbocycles. The monoisotopic (exact) mass is 253 g/mol. The molecule has 0 radical (unpaired) electrons. The number of nitrogens with zero attached hydrogens (tertiary/aromatic N) is 3. The van der Waals surface area contributed by atoms with Crippen LogP contribution in [0.3, 0.4) is 0 Å². The topological polar surface area (TPSA) is 41.6 Å². The van der Waals surface area contributed by atoms with Crippen LogP contribution < -0.4 is 0 Å². The molecule has 2 heterocycles. The van der Waals surface area contributed by atoms with Crippen LogP contribution in [0.1, 0.15) is 10.4 Å². The molecule has 3 rings (SSSR count). The Bertz CT molecular complexity index is 774. The molecule has 0 bridgehead atoms. The van der Waals surface area contributed by atoms with Gasteiger partial charge in [0.15, 0.2) is 5.82 Å². The highest BCUT2D eigenvalue weighted by Gasteiger charge is 2.11. The van der Waals surface area contributed by atoms with E-state index in [0.717, 1.165) is 21.7 Å². The molecule has 18 heavy (non-hydrogen) atoms. The quantitative estimate of drug-likeness (QED) is 0.666. The number of thiophene rings is 1. The Labute approximate surface area is 109 Å². The molecule has 0 aliphatic heterocycles. The second-order valence-electron chi connectivity index (χ2n) is 4.22. The Morgan fingerprint density at radius 1 is 1.28 bits per heavy atom. The molecule has 2 aromatic heterocycles. The number of hydrogen-bond acceptors (Lipinski definition) is 3. The molecule has 4 heteroatoms. The lowest BCUT2D eigenvalue weighted by Gasteiger charge is -1.98. The van der Waals surface area contributed by atoms with Crippen LogP contribution in [0, 0.1) is 18.3 Å². The number of fused-ring (bicyclic) bond motifs is 1. The third kappa shape index (κ3) is 1.60. The summed E-state index contributed by atoms with van der Waals surface area (Å²) in [5.41, 5.74) is 2.57. The van der Waals surface area contributed by atoms with Gasteiger partial charge in [0.25, 0.3) is 0 Å². The first-order valence-electron chi connectivity index (χ1n) is 5.62. The summed E-state index contributed by atoms with van der Waals surface area (Å²) in [7, 11) is 2.01. The van der Waals surface area contributed by atoms with Gasteiger partial charge in [0.2, 0.25) is 0 Å². The summed E-state index contributed by atoms with van der Waals surface area (Å²) in [5, 5.41) is 8.91. The number of benzene rings is 1. The maximum Gasteiger partial charge on any atom is 0.150 e. The van der Waals surface area contributed by atoms with E-state index in [1.54, 1.807) is 11.3 Å². The van der Waals surface area contributed by atoms with Crippen LogP contribution in [0.25, 0.3) is 21.7 Å². The van der Waals surface area contributed by atoms with E-state index in [1.165, 1.54) is 4.88 Å². The van der Waals surface area contributed by atoms with Crippen LogP contribution in [0.4, 0.5) is 0 Å². The highest BCUT2D eigenvalue weighted by atomic mass is 32.1. The standard InChI is InChI=1S/C14H11N3S/c1-9-3-6-13(18-9)14-16-11-7-10(8-15)4-5-12(11)17(14)2/h3-7H,1-2H3. The zero-order valence-corrected chi connectivity index (χ0v) is 11.0. The van der Waals surface area contributed by atoms with Crippen molar-refractivity contribution in [3.63, 3.8) is 0 Å². The van der Waals surface area contributed by atoms with Gasteiger partial charge in [-0.05, 0) is 37.3 Å². The summed E-state index contributed by atoms with van der Waals surface area (Å²) in [4.78, 5) is 7.06. The second kappa shape index (κ2) is 3.97. The number of rotatable bonds is 1. The largest absolute Gasteiger partial charge is 0.326 e. The van der Waals surface area contributed by atoms with Crippen molar-refractivity contribution in [3.05, 3.63) is 40.8 Å². The van der Waals surface area contributed by atoms with Crippen LogP contribution in [0.5, 0.6) is 0 Å². The minimum Gasteiger partial charge on any atom is -0.326 e. The van der Waals surface area contributed by atoms with Gasteiger partial charge < -0.3 is 4.57 Å². The molecule has 0 amide bonds. The summed E-state index contributed by atoms with van der Waals surface area (Å²) in [6, 6.07) is 11.9. The van der Waals surface area contributed by atoms with Gasteiger partial charge in [-0.15, -0.1) is 11.3 Å². The first-order chi connectivity index (χ1) is 8.69. The lowest BCUT2D eigenvalue weighted by molar-refractivity contribution is 0.963. The minimum atomic E-state index is 0.648. The molecule has 0 saturated carbocycles. The Kier molecular flexibility index (Phi) is 2.42. The molecule has 0 saturated heterocycles. The molecule has 0 spiro atoms. The minimum absolute atomic E-state index is 0.648. The fourth-order valence-electron chi connectivity index (χ4n) is 2.04. The smallest absolute Gasteiger partial charge is 0.150 e. The molecule has 0 N–H and O–H groups in total. The molecule has 3 nitrogen and oxygen atoms in total. The third-order valence-electron chi connectivity index (χ3n) is 2.97. The third-order valence-corrected chi connectivity index (χ3v) is 3.97. The van der Waals surface area contributed by atoms with Gasteiger partial charge in [0.1, 0.15) is 0 Å². The van der Waals surface area contributed by atoms with Crippen LogP contribution in [-0.2, 0) is 7.05 Å². The molecule has 88 valence electrons. The molecule has 0 unspecified atom stereocenters. The maximum atomic E-state index is 8.91. The molecule has 0 fully saturated rings. The van der Waals surface area contributed by atoms with E-state index in [9.17, 15) is 0 Å². The van der Waals surface area contributed by atoms with Gasteiger partial charge in [0.05, 0.1) is 27.5 Å². The lowest BCUT2D eigenvalue weighted by Crippen LogP contribution is -1.90. The summed E-state index contributed by atoms with van der Waals surface area (Å²) >= 11 is 1.73.